The largest absolute Gasteiger partial charge is 0.497 e. The molecule has 0 heterocycles. The fraction of sp³-hybridized carbons (Fsp3) is 0.240. The molecule has 5 nitrogen and oxygen atoms in total. The smallest absolute Gasteiger partial charge is 0.227 e. The van der Waals surface area contributed by atoms with Crippen molar-refractivity contribution in [1.82, 2.24) is 4.90 Å². The first-order valence-corrected chi connectivity index (χ1v) is 9.88. The summed E-state index contributed by atoms with van der Waals surface area (Å²) in [4.78, 5) is 14.6. The van der Waals surface area contributed by atoms with Crippen molar-refractivity contribution in [2.45, 2.75) is 13.0 Å². The van der Waals surface area contributed by atoms with Crippen LogP contribution in [0.2, 0.25) is 0 Å². The molecular weight excluding hydrogens is 378 g/mol. The van der Waals surface area contributed by atoms with E-state index in [1.54, 1.807) is 25.2 Å². The van der Waals surface area contributed by atoms with Crippen LogP contribution < -0.4 is 9.47 Å². The second kappa shape index (κ2) is 10.5. The van der Waals surface area contributed by atoms with Crippen molar-refractivity contribution in [2.24, 2.45) is 0 Å². The Kier molecular flexibility index (Phi) is 7.46. The van der Waals surface area contributed by atoms with Gasteiger partial charge >= 0.3 is 0 Å². The van der Waals surface area contributed by atoms with E-state index in [9.17, 15) is 9.90 Å². The van der Waals surface area contributed by atoms with Crippen LogP contribution in [0, 0.1) is 0 Å². The van der Waals surface area contributed by atoms with Crippen LogP contribution in [-0.2, 0) is 17.8 Å². The van der Waals surface area contributed by atoms with E-state index >= 15 is 0 Å². The minimum absolute atomic E-state index is 0.0469. The molecule has 0 fully saturated rings. The predicted octanol–water partition coefficient (Wildman–Crippen LogP) is 3.93. The second-order valence-electron chi connectivity index (χ2n) is 6.96. The van der Waals surface area contributed by atoms with Gasteiger partial charge in [-0.15, -0.1) is 0 Å². The standard InChI is InChI=1S/C25H27NO4/c1-29-23-13-12-22(24(17-23)30-2)18-26(14-15-27)25(28)16-19-8-10-21(11-9-19)20-6-4-3-5-7-20/h3-13,17,27H,14-16,18H2,1-2H3. The van der Waals surface area contributed by atoms with E-state index in [4.69, 9.17) is 9.47 Å². The van der Waals surface area contributed by atoms with E-state index in [1.807, 2.05) is 54.6 Å². The van der Waals surface area contributed by atoms with E-state index in [0.717, 1.165) is 22.3 Å². The zero-order chi connectivity index (χ0) is 21.3. The maximum Gasteiger partial charge on any atom is 0.227 e. The quantitative estimate of drug-likeness (QED) is 0.586. The van der Waals surface area contributed by atoms with Gasteiger partial charge in [0, 0.05) is 24.7 Å². The number of aliphatic hydroxyl groups is 1. The number of benzene rings is 3. The number of methoxy groups -OCH3 is 2. The Morgan fingerprint density at radius 3 is 2.23 bits per heavy atom. The van der Waals surface area contributed by atoms with Gasteiger partial charge in [-0.05, 0) is 28.8 Å². The zero-order valence-electron chi connectivity index (χ0n) is 17.4. The van der Waals surface area contributed by atoms with Gasteiger partial charge in [-0.1, -0.05) is 54.6 Å². The summed E-state index contributed by atoms with van der Waals surface area (Å²) in [5, 5.41) is 9.46. The zero-order valence-corrected chi connectivity index (χ0v) is 17.4. The normalized spacial score (nSPS) is 10.5. The first kappa shape index (κ1) is 21.4. The van der Waals surface area contributed by atoms with Crippen LogP contribution in [0.5, 0.6) is 11.5 Å². The summed E-state index contributed by atoms with van der Waals surface area (Å²) < 4.78 is 10.7. The van der Waals surface area contributed by atoms with Gasteiger partial charge in [0.1, 0.15) is 11.5 Å². The molecule has 156 valence electrons. The highest BCUT2D eigenvalue weighted by molar-refractivity contribution is 5.79. The molecular formula is C25H27NO4. The number of rotatable bonds is 9. The molecule has 0 aromatic heterocycles. The molecule has 0 aliphatic rings. The molecule has 0 radical (unpaired) electrons. The van der Waals surface area contributed by atoms with E-state index in [-0.39, 0.29) is 25.5 Å². The van der Waals surface area contributed by atoms with Gasteiger partial charge in [-0.25, -0.2) is 0 Å². The Hall–Kier alpha value is -3.31. The van der Waals surface area contributed by atoms with Crippen LogP contribution in [0.3, 0.4) is 0 Å². The maximum absolute atomic E-state index is 12.9. The predicted molar refractivity (Wildman–Crippen MR) is 118 cm³/mol. The number of carbonyl (C=O) groups is 1. The first-order valence-electron chi connectivity index (χ1n) is 9.88. The summed E-state index contributed by atoms with van der Waals surface area (Å²) in [6.45, 7) is 0.516. The molecule has 0 saturated heterocycles. The monoisotopic (exact) mass is 405 g/mol. The molecule has 0 atom stereocenters. The summed E-state index contributed by atoms with van der Waals surface area (Å²) in [5.41, 5.74) is 4.05. The Morgan fingerprint density at radius 2 is 1.60 bits per heavy atom. The number of aliphatic hydroxyl groups excluding tert-OH is 1. The molecule has 1 N–H and O–H groups in total. The van der Waals surface area contributed by atoms with Crippen LogP contribution in [0.15, 0.2) is 72.8 Å². The van der Waals surface area contributed by atoms with Crippen molar-refractivity contribution in [3.8, 4) is 22.6 Å². The van der Waals surface area contributed by atoms with Crippen molar-refractivity contribution < 1.29 is 19.4 Å². The summed E-state index contributed by atoms with van der Waals surface area (Å²) in [6.07, 6.45) is 0.271. The molecule has 0 aliphatic carbocycles. The van der Waals surface area contributed by atoms with Crippen molar-refractivity contribution in [3.05, 3.63) is 83.9 Å². The van der Waals surface area contributed by atoms with Gasteiger partial charge in [0.25, 0.3) is 0 Å². The minimum Gasteiger partial charge on any atom is -0.497 e. The van der Waals surface area contributed by atoms with Gasteiger partial charge in [0.05, 0.1) is 27.2 Å². The Labute approximate surface area is 177 Å². The third-order valence-electron chi connectivity index (χ3n) is 4.99. The van der Waals surface area contributed by atoms with Crippen molar-refractivity contribution in [1.29, 1.82) is 0 Å². The number of carbonyl (C=O) groups excluding carboxylic acids is 1. The first-order chi connectivity index (χ1) is 14.6. The Bertz CT molecular complexity index is 955. The summed E-state index contributed by atoms with van der Waals surface area (Å²) >= 11 is 0. The lowest BCUT2D eigenvalue weighted by Gasteiger charge is -2.23. The lowest BCUT2D eigenvalue weighted by atomic mass is 10.0. The molecule has 3 aromatic rings. The molecule has 0 spiro atoms. The molecule has 0 unspecified atom stereocenters. The topological polar surface area (TPSA) is 59.0 Å². The van der Waals surface area contributed by atoms with Crippen LogP contribution in [-0.4, -0.2) is 43.3 Å². The molecule has 30 heavy (non-hydrogen) atoms. The molecule has 0 saturated carbocycles. The lowest BCUT2D eigenvalue weighted by molar-refractivity contribution is -0.131. The van der Waals surface area contributed by atoms with Crippen LogP contribution in [0.25, 0.3) is 11.1 Å². The minimum atomic E-state index is -0.100. The molecule has 5 heteroatoms. The van der Waals surface area contributed by atoms with E-state index < -0.39 is 0 Å². The Balaban J connectivity index is 1.71. The van der Waals surface area contributed by atoms with Gasteiger partial charge in [-0.3, -0.25) is 4.79 Å². The molecule has 0 bridgehead atoms. The molecule has 0 aliphatic heterocycles. The fourth-order valence-electron chi connectivity index (χ4n) is 3.33. The highest BCUT2D eigenvalue weighted by Crippen LogP contribution is 2.26. The van der Waals surface area contributed by atoms with Gasteiger partial charge in [-0.2, -0.15) is 0 Å². The van der Waals surface area contributed by atoms with Crippen LogP contribution >= 0.6 is 0 Å². The lowest BCUT2D eigenvalue weighted by Crippen LogP contribution is -2.34. The number of nitrogens with zero attached hydrogens (tertiary/aromatic N) is 1. The van der Waals surface area contributed by atoms with Crippen LogP contribution in [0.1, 0.15) is 11.1 Å². The fourth-order valence-corrected chi connectivity index (χ4v) is 3.33. The highest BCUT2D eigenvalue weighted by Gasteiger charge is 2.17. The third-order valence-corrected chi connectivity index (χ3v) is 4.99. The summed E-state index contributed by atoms with van der Waals surface area (Å²) in [6, 6.07) is 23.6. The van der Waals surface area contributed by atoms with Gasteiger partial charge < -0.3 is 19.5 Å². The molecule has 3 rings (SSSR count). The van der Waals surface area contributed by atoms with E-state index in [0.29, 0.717) is 18.0 Å². The number of hydrogen-bond donors (Lipinski definition) is 1. The van der Waals surface area contributed by atoms with Gasteiger partial charge in [0.2, 0.25) is 5.91 Å². The summed E-state index contributed by atoms with van der Waals surface area (Å²) in [5.74, 6) is 1.29. The number of amides is 1. The molecule has 1 amide bonds. The number of hydrogen-bond acceptors (Lipinski definition) is 4. The average Bonchev–Trinajstić information content (AvgIpc) is 2.80. The second-order valence-corrected chi connectivity index (χ2v) is 6.96. The van der Waals surface area contributed by atoms with Crippen LogP contribution in [0.4, 0.5) is 0 Å². The van der Waals surface area contributed by atoms with E-state index in [2.05, 4.69) is 12.1 Å². The van der Waals surface area contributed by atoms with E-state index in [1.165, 1.54) is 0 Å². The average molecular weight is 405 g/mol. The maximum atomic E-state index is 12.9. The van der Waals surface area contributed by atoms with Crippen molar-refractivity contribution in [2.75, 3.05) is 27.4 Å². The SMILES string of the molecule is COc1ccc(CN(CCO)C(=O)Cc2ccc(-c3ccccc3)cc2)c(OC)c1. The van der Waals surface area contributed by atoms with Crippen molar-refractivity contribution in [3.63, 3.8) is 0 Å². The molecule has 3 aromatic carbocycles. The summed E-state index contributed by atoms with van der Waals surface area (Å²) in [7, 11) is 3.18. The Morgan fingerprint density at radius 1 is 0.900 bits per heavy atom. The third kappa shape index (κ3) is 5.39. The van der Waals surface area contributed by atoms with Gasteiger partial charge in [0.15, 0.2) is 0 Å². The number of ether oxygens (including phenoxy) is 2. The highest BCUT2D eigenvalue weighted by atomic mass is 16.5. The van der Waals surface area contributed by atoms with Crippen molar-refractivity contribution >= 4 is 5.91 Å².